The fraction of sp³-hybridized carbons (Fsp3) is 0.545. The van der Waals surface area contributed by atoms with Gasteiger partial charge in [-0.3, -0.25) is 48.3 Å². The molecule has 1 fully saturated rings. The number of nitrogens with zero attached hydrogens (tertiary/aromatic N) is 6. The SMILES string of the molecule is [CH]N1CCN(CC)CCN(CC(O)O)CCN(CC(=O)NC(CC)C(=O)NC(CC)C(=O)NCCNC(=O)CCCOc2cc(C)c(S(=O)(=O)NC(CNC(=O)c3cn(C)c4cc(CNc5ncc[nH]5)ccc4c3=O)C(=O)O)c(C)c2)CC1. The molecule has 4 aromatic rings. The molecule has 5 amide bonds. The number of sulfonamides is 1. The molecule has 0 spiro atoms. The second kappa shape index (κ2) is 32.7. The molecule has 3 heterocycles. The molecule has 2 aromatic heterocycles. The summed E-state index contributed by atoms with van der Waals surface area (Å²) in [6.07, 6.45) is 3.94. The van der Waals surface area contributed by atoms with Crippen LogP contribution in [0.3, 0.4) is 0 Å². The predicted molar refractivity (Wildman–Crippen MR) is 309 cm³/mol. The molecule has 1 aliphatic rings. The molecule has 1 aliphatic heterocycles. The number of ether oxygens (including phenoxy) is 1. The second-order valence-corrected chi connectivity index (χ2v) is 22.0. The van der Waals surface area contributed by atoms with Crippen molar-refractivity contribution in [2.24, 2.45) is 7.05 Å². The van der Waals surface area contributed by atoms with Gasteiger partial charge >= 0.3 is 5.97 Å². The maximum absolute atomic E-state index is 13.7. The Hall–Kier alpha value is -7.05. The van der Waals surface area contributed by atoms with Crippen LogP contribution in [0.25, 0.3) is 10.9 Å². The fourth-order valence-corrected chi connectivity index (χ4v) is 11.0. The van der Waals surface area contributed by atoms with Crippen LogP contribution in [-0.2, 0) is 47.6 Å². The van der Waals surface area contributed by atoms with Crippen LogP contribution >= 0.6 is 0 Å². The molecule has 27 nitrogen and oxygen atoms in total. The van der Waals surface area contributed by atoms with E-state index >= 15 is 0 Å². The second-order valence-electron chi connectivity index (χ2n) is 20.4. The highest BCUT2D eigenvalue weighted by molar-refractivity contribution is 7.89. The van der Waals surface area contributed by atoms with Crippen LogP contribution < -0.4 is 46.8 Å². The molecule has 2 radical (unpaired) electrons. The Morgan fingerprint density at radius 3 is 2.08 bits per heavy atom. The lowest BCUT2D eigenvalue weighted by Gasteiger charge is -2.33. The van der Waals surface area contributed by atoms with Gasteiger partial charge in [0.2, 0.25) is 39.1 Å². The largest absolute Gasteiger partial charge is 0.494 e. The number of amides is 5. The topological polar surface area (TPSA) is 354 Å². The van der Waals surface area contributed by atoms with Crippen LogP contribution in [0.5, 0.6) is 5.75 Å². The number of carbonyl (C=O) groups is 6. The molecule has 3 unspecified atom stereocenters. The van der Waals surface area contributed by atoms with Crippen molar-refractivity contribution in [3.63, 3.8) is 0 Å². The zero-order valence-corrected chi connectivity index (χ0v) is 49.0. The number of β-amino-alcohol motifs (C(OH)–C–C–N with tert-alkyl or cyclic N) is 2. The van der Waals surface area contributed by atoms with Crippen LogP contribution in [0.4, 0.5) is 5.95 Å². The quantitative estimate of drug-likeness (QED) is 0.0231. The Balaban J connectivity index is 1.02. The van der Waals surface area contributed by atoms with Gasteiger partial charge in [0.05, 0.1) is 23.6 Å². The Bertz CT molecular complexity index is 2970. The standard InChI is InChI=1S/C55H82N14O13S/c1-8-42(63-53(77)43(9-2)62-47(71)34-68-22-20-65(6)19-21-67(10-3)23-24-69(26-25-68)35-48(72)73)52(76)57-16-15-56-46(70)12-11-27-82-39-28-36(4)50(37(5)29-39)83(80,81)64-44(54(78)79)32-60-51(75)41-33-66(7)45-30-38(13-14-40(45)49(41)74)31-61-55-58-17-18-59-55/h6,13-14,17-18,28-30,33,42-44,48,64,72-73H,8-12,15-16,19-27,31-32,34-35H2,1-5,7H3,(H,56,70)(H,57,76)(H,60,75)(H,62,71)(H,63,77)(H,78,79)(H2,58,59,61). The lowest BCUT2D eigenvalue weighted by atomic mass is 10.1. The van der Waals surface area contributed by atoms with E-state index in [1.165, 1.54) is 32.2 Å². The molecule has 1 saturated heterocycles. The van der Waals surface area contributed by atoms with Gasteiger partial charge in [-0.25, -0.2) is 13.4 Å². The number of benzene rings is 2. The Morgan fingerprint density at radius 2 is 1.45 bits per heavy atom. The number of aliphatic carboxylic acids is 1. The minimum absolute atomic E-state index is 0.0330. The molecule has 0 bridgehead atoms. The summed E-state index contributed by atoms with van der Waals surface area (Å²) in [5, 5.41) is 46.1. The molecule has 3 atom stereocenters. The molecular weight excluding hydrogens is 1100 g/mol. The number of aromatic amines is 1. The summed E-state index contributed by atoms with van der Waals surface area (Å²) in [5.41, 5.74) is 0.991. The van der Waals surface area contributed by atoms with E-state index in [0.717, 1.165) is 18.7 Å². The van der Waals surface area contributed by atoms with Crippen molar-refractivity contribution in [3.05, 3.63) is 88.4 Å². The number of nitrogens with one attached hydrogen (secondary N) is 8. The van der Waals surface area contributed by atoms with Crippen molar-refractivity contribution < 1.29 is 57.2 Å². The monoisotopic (exact) mass is 1180 g/mol. The number of aliphatic hydroxyl groups is 2. The number of aromatic nitrogens is 3. The summed E-state index contributed by atoms with van der Waals surface area (Å²) in [6.45, 7) is 13.9. The van der Waals surface area contributed by atoms with Gasteiger partial charge in [0.1, 0.15) is 29.4 Å². The third-order valence-corrected chi connectivity index (χ3v) is 15.8. The van der Waals surface area contributed by atoms with Crippen molar-refractivity contribution in [2.75, 3.05) is 104 Å². The molecule has 5 rings (SSSR count). The van der Waals surface area contributed by atoms with E-state index < -0.39 is 76.0 Å². The summed E-state index contributed by atoms with van der Waals surface area (Å²) in [4.78, 5) is 106. The van der Waals surface area contributed by atoms with E-state index in [0.29, 0.717) is 69.6 Å². The molecule has 0 aliphatic carbocycles. The van der Waals surface area contributed by atoms with E-state index in [2.05, 4.69) is 58.4 Å². The summed E-state index contributed by atoms with van der Waals surface area (Å²) in [7, 11) is 3.42. The van der Waals surface area contributed by atoms with Gasteiger partial charge in [0.15, 0.2) is 12.2 Å². The number of anilines is 1. The average molecular weight is 1180 g/mol. The number of carbonyl (C=O) groups excluding carboxylic acids is 5. The van der Waals surface area contributed by atoms with Crippen molar-refractivity contribution in [2.45, 2.75) is 96.2 Å². The van der Waals surface area contributed by atoms with E-state index in [4.69, 9.17) is 11.8 Å². The van der Waals surface area contributed by atoms with Crippen molar-refractivity contribution in [1.82, 2.24) is 65.4 Å². The third-order valence-electron chi connectivity index (χ3n) is 14.0. The lowest BCUT2D eigenvalue weighted by molar-refractivity contribution is -0.138. The number of likely N-dealkylation sites (N-methyl/N-ethyl adjacent to an activating group) is 1. The highest BCUT2D eigenvalue weighted by atomic mass is 32.2. The lowest BCUT2D eigenvalue weighted by Crippen LogP contribution is -2.55. The summed E-state index contributed by atoms with van der Waals surface area (Å²) in [5.74, 6) is -3.32. The molecule has 456 valence electrons. The highest BCUT2D eigenvalue weighted by Crippen LogP contribution is 2.26. The molecular formula is C55H82N14O13S. The number of aliphatic hydroxyl groups excluding tert-OH is 1. The van der Waals surface area contributed by atoms with Crippen LogP contribution in [0, 0.1) is 20.9 Å². The zero-order chi connectivity index (χ0) is 60.8. The highest BCUT2D eigenvalue weighted by Gasteiger charge is 2.30. The van der Waals surface area contributed by atoms with Crippen molar-refractivity contribution in [1.29, 1.82) is 0 Å². The number of imidazole rings is 1. The Labute approximate surface area is 484 Å². The van der Waals surface area contributed by atoms with Crippen molar-refractivity contribution >= 4 is 62.4 Å². The minimum Gasteiger partial charge on any atom is -0.494 e. The maximum Gasteiger partial charge on any atom is 0.323 e. The first kappa shape index (κ1) is 66.7. The van der Waals surface area contributed by atoms with E-state index in [1.807, 2.05) is 9.80 Å². The first-order chi connectivity index (χ1) is 39.5. The molecule has 83 heavy (non-hydrogen) atoms. The normalized spacial score (nSPS) is 15.5. The van der Waals surface area contributed by atoms with Gasteiger partial charge in [-0.15, -0.1) is 0 Å². The van der Waals surface area contributed by atoms with Gasteiger partial charge in [-0.05, 0) is 80.6 Å². The first-order valence-corrected chi connectivity index (χ1v) is 29.3. The number of H-pyrrole nitrogens is 1. The number of carboxylic acids is 1. The van der Waals surface area contributed by atoms with Gasteiger partial charge < -0.3 is 66.4 Å². The third kappa shape index (κ3) is 21.0. The van der Waals surface area contributed by atoms with Gasteiger partial charge in [-0.1, -0.05) is 26.8 Å². The summed E-state index contributed by atoms with van der Waals surface area (Å²) >= 11 is 0. The Kier molecular flexibility index (Phi) is 26.3. The number of fused-ring (bicyclic) bond motifs is 1. The Morgan fingerprint density at radius 1 is 0.807 bits per heavy atom. The number of pyridine rings is 1. The van der Waals surface area contributed by atoms with Crippen LogP contribution in [0.15, 0.2) is 58.6 Å². The number of carboxylic acid groups (broad SMARTS) is 1. The van der Waals surface area contributed by atoms with E-state index in [-0.39, 0.29) is 91.3 Å². The van der Waals surface area contributed by atoms with E-state index in [9.17, 15) is 57.3 Å². The molecule has 0 saturated carbocycles. The molecule has 11 N–H and O–H groups in total. The van der Waals surface area contributed by atoms with Crippen LogP contribution in [0.1, 0.15) is 73.5 Å². The molecule has 2 aromatic carbocycles. The maximum atomic E-state index is 13.7. The van der Waals surface area contributed by atoms with Crippen LogP contribution in [0.2, 0.25) is 0 Å². The van der Waals surface area contributed by atoms with Gasteiger partial charge in [0, 0.05) is 130 Å². The smallest absolute Gasteiger partial charge is 0.323 e. The van der Waals surface area contributed by atoms with Gasteiger partial charge in [0.25, 0.3) is 5.91 Å². The zero-order valence-electron chi connectivity index (χ0n) is 48.2. The van der Waals surface area contributed by atoms with E-state index in [1.54, 1.807) is 61.0 Å². The fourth-order valence-electron chi connectivity index (χ4n) is 9.36. The van der Waals surface area contributed by atoms with Gasteiger partial charge in [-0.2, -0.15) is 4.72 Å². The first-order valence-electron chi connectivity index (χ1n) is 27.8. The predicted octanol–water partition coefficient (Wildman–Crippen LogP) is -0.946. The molecule has 28 heteroatoms. The number of hydrogen-bond donors (Lipinski definition) is 11. The van der Waals surface area contributed by atoms with Crippen LogP contribution in [-0.4, -0.2) is 216 Å². The number of rotatable bonds is 29. The summed E-state index contributed by atoms with van der Waals surface area (Å²) in [6, 6.07) is 4.37. The average Bonchev–Trinajstić information content (AvgIpc) is 3.46. The summed E-state index contributed by atoms with van der Waals surface area (Å²) < 4.78 is 36.9. The number of aryl methyl sites for hydroxylation is 3. The van der Waals surface area contributed by atoms with Crippen molar-refractivity contribution in [3.8, 4) is 5.75 Å². The minimum atomic E-state index is -4.49. The number of hydrogen-bond acceptors (Lipinski definition) is 18.